The van der Waals surface area contributed by atoms with Crippen LogP contribution in [0.2, 0.25) is 5.15 Å². The number of hydrogen-bond acceptors (Lipinski definition) is 5. The molecule has 3 aromatic heterocycles. The van der Waals surface area contributed by atoms with Crippen LogP contribution in [0.4, 0.5) is 5.82 Å². The van der Waals surface area contributed by atoms with Crippen LogP contribution >= 0.6 is 11.6 Å². The second-order valence-corrected chi connectivity index (χ2v) is 5.65. The number of anilines is 1. The Morgan fingerprint density at radius 3 is 2.87 bits per heavy atom. The Balaban J connectivity index is 1.67. The van der Waals surface area contributed by atoms with Crippen molar-refractivity contribution in [2.45, 2.75) is 26.7 Å². The number of aromatic nitrogens is 5. The van der Waals surface area contributed by atoms with Gasteiger partial charge < -0.3 is 5.32 Å². The number of nitrogens with zero attached hydrogens (tertiary/aromatic N) is 5. The molecule has 0 atom stereocenters. The minimum atomic E-state index is -0.138. The molecule has 0 radical (unpaired) electrons. The smallest absolute Gasteiger partial charge is 0.225 e. The Morgan fingerprint density at radius 2 is 2.09 bits per heavy atom. The standard InChI is InChI=1S/C15H15ClN6O/c1-9-7-10(2)17-12(8-9)18-15(23)6-5-14-20-19-13-4-3-11(16)21-22(13)14/h3-4,7-8H,5-6H2,1-2H3,(H,17,18,23). The molecule has 7 nitrogen and oxygen atoms in total. The van der Waals surface area contributed by atoms with Crippen molar-refractivity contribution in [1.29, 1.82) is 0 Å². The van der Waals surface area contributed by atoms with Crippen molar-refractivity contribution in [3.8, 4) is 0 Å². The van der Waals surface area contributed by atoms with Gasteiger partial charge in [0.05, 0.1) is 0 Å². The molecule has 0 aliphatic rings. The van der Waals surface area contributed by atoms with Gasteiger partial charge in [-0.25, -0.2) is 4.98 Å². The average molecular weight is 331 g/mol. The topological polar surface area (TPSA) is 85.1 Å². The molecule has 3 rings (SSSR count). The quantitative estimate of drug-likeness (QED) is 0.793. The van der Waals surface area contributed by atoms with Crippen molar-refractivity contribution in [2.24, 2.45) is 0 Å². The van der Waals surface area contributed by atoms with Crippen molar-refractivity contribution in [3.05, 3.63) is 46.5 Å². The van der Waals surface area contributed by atoms with Gasteiger partial charge in [0, 0.05) is 18.5 Å². The minimum Gasteiger partial charge on any atom is -0.311 e. The van der Waals surface area contributed by atoms with Gasteiger partial charge in [-0.15, -0.1) is 10.2 Å². The van der Waals surface area contributed by atoms with Crippen molar-refractivity contribution in [1.82, 2.24) is 24.8 Å². The predicted octanol–water partition coefficient (Wildman–Crippen LogP) is 2.36. The van der Waals surface area contributed by atoms with E-state index < -0.39 is 0 Å². The molecule has 0 bridgehead atoms. The monoisotopic (exact) mass is 330 g/mol. The Hall–Kier alpha value is -2.54. The average Bonchev–Trinajstić information content (AvgIpc) is 2.86. The fourth-order valence-corrected chi connectivity index (χ4v) is 2.44. The van der Waals surface area contributed by atoms with E-state index in [4.69, 9.17) is 11.6 Å². The molecule has 0 aliphatic heterocycles. The maximum atomic E-state index is 12.1. The highest BCUT2D eigenvalue weighted by Gasteiger charge is 2.11. The van der Waals surface area contributed by atoms with E-state index in [1.807, 2.05) is 26.0 Å². The molecule has 0 fully saturated rings. The molecular weight excluding hydrogens is 316 g/mol. The number of fused-ring (bicyclic) bond motifs is 1. The first kappa shape index (κ1) is 15.4. The summed E-state index contributed by atoms with van der Waals surface area (Å²) in [4.78, 5) is 16.4. The summed E-state index contributed by atoms with van der Waals surface area (Å²) < 4.78 is 1.55. The molecule has 8 heteroatoms. The van der Waals surface area contributed by atoms with E-state index in [-0.39, 0.29) is 12.3 Å². The number of amides is 1. The molecule has 0 aliphatic carbocycles. The van der Waals surface area contributed by atoms with Crippen molar-refractivity contribution >= 4 is 29.0 Å². The maximum absolute atomic E-state index is 12.1. The SMILES string of the molecule is Cc1cc(C)nc(NC(=O)CCc2nnc3ccc(Cl)nn23)c1. The molecule has 118 valence electrons. The molecule has 0 aromatic carbocycles. The highest BCUT2D eigenvalue weighted by atomic mass is 35.5. The van der Waals surface area contributed by atoms with Crippen LogP contribution in [-0.2, 0) is 11.2 Å². The van der Waals surface area contributed by atoms with Gasteiger partial charge in [0.15, 0.2) is 11.5 Å². The fraction of sp³-hybridized carbons (Fsp3) is 0.267. The van der Waals surface area contributed by atoms with E-state index in [0.29, 0.717) is 28.9 Å². The van der Waals surface area contributed by atoms with Crippen LogP contribution in [-0.4, -0.2) is 30.7 Å². The first-order valence-electron chi connectivity index (χ1n) is 7.13. The molecule has 3 aromatic rings. The van der Waals surface area contributed by atoms with E-state index in [2.05, 4.69) is 25.6 Å². The summed E-state index contributed by atoms with van der Waals surface area (Å²) in [5.41, 5.74) is 2.51. The lowest BCUT2D eigenvalue weighted by atomic mass is 10.2. The maximum Gasteiger partial charge on any atom is 0.225 e. The van der Waals surface area contributed by atoms with Gasteiger partial charge in [0.1, 0.15) is 11.0 Å². The molecule has 23 heavy (non-hydrogen) atoms. The number of carbonyl (C=O) groups is 1. The highest BCUT2D eigenvalue weighted by molar-refractivity contribution is 6.29. The molecule has 3 heterocycles. The molecule has 1 amide bonds. The van der Waals surface area contributed by atoms with Crippen molar-refractivity contribution in [3.63, 3.8) is 0 Å². The van der Waals surface area contributed by atoms with E-state index >= 15 is 0 Å². The molecule has 0 saturated heterocycles. The lowest BCUT2D eigenvalue weighted by Gasteiger charge is -2.06. The Kier molecular flexibility index (Phi) is 4.20. The Bertz CT molecular complexity index is 855. The third kappa shape index (κ3) is 3.62. The van der Waals surface area contributed by atoms with E-state index in [9.17, 15) is 4.79 Å². The van der Waals surface area contributed by atoms with E-state index in [1.165, 1.54) is 0 Å². The van der Waals surface area contributed by atoms with Crippen LogP contribution in [0.15, 0.2) is 24.3 Å². The summed E-state index contributed by atoms with van der Waals surface area (Å²) in [5.74, 6) is 1.01. The summed E-state index contributed by atoms with van der Waals surface area (Å²) in [7, 11) is 0. The largest absolute Gasteiger partial charge is 0.311 e. The number of hydrogen-bond donors (Lipinski definition) is 1. The van der Waals surface area contributed by atoms with Gasteiger partial charge in [-0.1, -0.05) is 11.6 Å². The fourth-order valence-electron chi connectivity index (χ4n) is 2.30. The van der Waals surface area contributed by atoms with Gasteiger partial charge >= 0.3 is 0 Å². The molecule has 0 unspecified atom stereocenters. The highest BCUT2D eigenvalue weighted by Crippen LogP contribution is 2.11. The van der Waals surface area contributed by atoms with Crippen molar-refractivity contribution in [2.75, 3.05) is 5.32 Å². The lowest BCUT2D eigenvalue weighted by molar-refractivity contribution is -0.116. The van der Waals surface area contributed by atoms with Crippen LogP contribution in [0.1, 0.15) is 23.5 Å². The van der Waals surface area contributed by atoms with Crippen LogP contribution in [0.5, 0.6) is 0 Å². The van der Waals surface area contributed by atoms with Crippen LogP contribution in [0.3, 0.4) is 0 Å². The zero-order valence-corrected chi connectivity index (χ0v) is 13.5. The van der Waals surface area contributed by atoms with Gasteiger partial charge in [0.2, 0.25) is 5.91 Å². The summed E-state index contributed by atoms with van der Waals surface area (Å²) in [6.07, 6.45) is 0.662. The predicted molar refractivity (Wildman–Crippen MR) is 86.5 cm³/mol. The summed E-state index contributed by atoms with van der Waals surface area (Å²) in [5, 5.41) is 15.3. The zero-order chi connectivity index (χ0) is 16.4. The van der Waals surface area contributed by atoms with E-state index in [1.54, 1.807) is 16.6 Å². The van der Waals surface area contributed by atoms with Gasteiger partial charge in [0.25, 0.3) is 0 Å². The minimum absolute atomic E-state index is 0.138. The van der Waals surface area contributed by atoms with Gasteiger partial charge in [-0.05, 0) is 43.7 Å². The zero-order valence-electron chi connectivity index (χ0n) is 12.7. The Morgan fingerprint density at radius 1 is 1.26 bits per heavy atom. The molecule has 0 saturated carbocycles. The summed E-state index contributed by atoms with van der Waals surface area (Å²) in [6.45, 7) is 3.85. The molecule has 1 N–H and O–H groups in total. The second-order valence-electron chi connectivity index (χ2n) is 5.26. The second kappa shape index (κ2) is 6.29. The van der Waals surface area contributed by atoms with E-state index in [0.717, 1.165) is 11.3 Å². The normalized spacial score (nSPS) is 10.9. The first-order chi connectivity index (χ1) is 11.0. The third-order valence-corrected chi connectivity index (χ3v) is 3.44. The number of pyridine rings is 1. The lowest BCUT2D eigenvalue weighted by Crippen LogP contribution is -2.14. The summed E-state index contributed by atoms with van der Waals surface area (Å²) in [6, 6.07) is 7.16. The van der Waals surface area contributed by atoms with Crippen LogP contribution in [0.25, 0.3) is 5.65 Å². The van der Waals surface area contributed by atoms with Crippen LogP contribution < -0.4 is 5.32 Å². The number of rotatable bonds is 4. The third-order valence-electron chi connectivity index (χ3n) is 3.24. The number of carbonyl (C=O) groups excluding carboxylic acids is 1. The Labute approximate surface area is 137 Å². The molecule has 0 spiro atoms. The van der Waals surface area contributed by atoms with Gasteiger partial charge in [-0.2, -0.15) is 9.61 Å². The van der Waals surface area contributed by atoms with Gasteiger partial charge in [-0.3, -0.25) is 4.79 Å². The summed E-state index contributed by atoms with van der Waals surface area (Å²) >= 11 is 5.87. The van der Waals surface area contributed by atoms with Crippen molar-refractivity contribution < 1.29 is 4.79 Å². The number of halogens is 1. The first-order valence-corrected chi connectivity index (χ1v) is 7.51. The molecular formula is C15H15ClN6O. The van der Waals surface area contributed by atoms with Crippen LogP contribution in [0, 0.1) is 13.8 Å². The number of aryl methyl sites for hydroxylation is 3. The number of nitrogens with one attached hydrogen (secondary N) is 1.